The lowest BCUT2D eigenvalue weighted by Crippen LogP contribution is -2.47. The average Bonchev–Trinajstić information content (AvgIpc) is 3.45. The van der Waals surface area contributed by atoms with Crippen molar-refractivity contribution in [3.8, 4) is 0 Å². The van der Waals surface area contributed by atoms with E-state index in [9.17, 15) is 0 Å². The Labute approximate surface area is 184 Å². The number of para-hydroxylation sites is 1. The van der Waals surface area contributed by atoms with Crippen molar-refractivity contribution in [2.24, 2.45) is 0 Å². The quantitative estimate of drug-likeness (QED) is 0.421. The van der Waals surface area contributed by atoms with Gasteiger partial charge in [0.15, 0.2) is 0 Å². The number of carboxylic acids is 2. The Balaban J connectivity index is 0.000000363. The average molecular weight is 435 g/mol. The van der Waals surface area contributed by atoms with Crippen molar-refractivity contribution < 1.29 is 24.2 Å². The van der Waals surface area contributed by atoms with Crippen LogP contribution in [0.25, 0.3) is 21.9 Å². The molecule has 1 fully saturated rings. The van der Waals surface area contributed by atoms with E-state index in [0.717, 1.165) is 44.7 Å². The number of aliphatic carboxylic acids is 2. The molecule has 1 aliphatic heterocycles. The van der Waals surface area contributed by atoms with Gasteiger partial charge in [0.2, 0.25) is 0 Å². The normalized spacial score (nSPS) is 14.3. The molecule has 1 saturated heterocycles. The largest absolute Gasteiger partial charge is 0.473 e. The van der Waals surface area contributed by atoms with Gasteiger partial charge in [-0.05, 0) is 36.2 Å². The van der Waals surface area contributed by atoms with Crippen molar-refractivity contribution in [2.75, 3.05) is 37.6 Å². The molecule has 0 unspecified atom stereocenters. The van der Waals surface area contributed by atoms with E-state index in [2.05, 4.69) is 51.2 Å². The fourth-order valence-electron chi connectivity index (χ4n) is 4.06. The summed E-state index contributed by atoms with van der Waals surface area (Å²) in [5.74, 6) is -3.65. The molecule has 4 aromatic rings. The highest BCUT2D eigenvalue weighted by molar-refractivity contribution is 6.27. The number of nitrogens with one attached hydrogen (secondary N) is 1. The van der Waals surface area contributed by atoms with E-state index in [1.807, 2.05) is 24.6 Å². The number of aromatic amines is 1. The summed E-state index contributed by atoms with van der Waals surface area (Å²) in [6, 6.07) is 17.0. The number of hydrogen-bond acceptors (Lipinski definition) is 5. The maximum atomic E-state index is 9.10. The van der Waals surface area contributed by atoms with Gasteiger partial charge < -0.3 is 24.5 Å². The molecule has 166 valence electrons. The van der Waals surface area contributed by atoms with Crippen molar-refractivity contribution in [1.82, 2.24) is 9.88 Å². The zero-order valence-electron chi connectivity index (χ0n) is 17.5. The number of anilines is 1. The Hall–Kier alpha value is -3.78. The number of aromatic nitrogens is 1. The van der Waals surface area contributed by atoms with Crippen LogP contribution in [0.5, 0.6) is 0 Å². The van der Waals surface area contributed by atoms with Crippen LogP contribution in [0.1, 0.15) is 5.56 Å². The summed E-state index contributed by atoms with van der Waals surface area (Å²) in [5, 5.41) is 17.4. The number of H-pyrrole nitrogens is 1. The zero-order chi connectivity index (χ0) is 22.5. The number of rotatable bonds is 4. The molecule has 0 atom stereocenters. The third-order valence-electron chi connectivity index (χ3n) is 5.73. The molecule has 3 heterocycles. The second-order valence-electron chi connectivity index (χ2n) is 7.66. The van der Waals surface area contributed by atoms with Crippen LogP contribution in [0.2, 0.25) is 0 Å². The van der Waals surface area contributed by atoms with Gasteiger partial charge in [-0.3, -0.25) is 4.90 Å². The standard InChI is InChI=1S/C22H23N3O.C2H2O4/c1-2-7-22-18(4-1)17(16-26-22)9-11-24-12-14-25(15-13-24)21-6-3-5-20-19(21)8-10-23-20;3-1(4)2(5)6/h1-8,10,16,23H,9,11-15H2;(H,3,4)(H,5,6). The highest BCUT2D eigenvalue weighted by atomic mass is 16.4. The Morgan fingerprint density at radius 1 is 0.906 bits per heavy atom. The van der Waals surface area contributed by atoms with Crippen molar-refractivity contribution in [3.63, 3.8) is 0 Å². The molecule has 3 N–H and O–H groups in total. The predicted octanol–water partition coefficient (Wildman–Crippen LogP) is 3.43. The summed E-state index contributed by atoms with van der Waals surface area (Å²) >= 11 is 0. The summed E-state index contributed by atoms with van der Waals surface area (Å²) < 4.78 is 5.67. The van der Waals surface area contributed by atoms with Crippen LogP contribution in [0, 0.1) is 0 Å². The van der Waals surface area contributed by atoms with Crippen LogP contribution < -0.4 is 4.90 Å². The first-order valence-corrected chi connectivity index (χ1v) is 10.5. The van der Waals surface area contributed by atoms with Crippen LogP contribution in [-0.2, 0) is 16.0 Å². The lowest BCUT2D eigenvalue weighted by atomic mass is 10.1. The van der Waals surface area contributed by atoms with Gasteiger partial charge in [0.1, 0.15) is 5.58 Å². The zero-order valence-corrected chi connectivity index (χ0v) is 17.5. The minimum atomic E-state index is -1.82. The van der Waals surface area contributed by atoms with E-state index in [4.69, 9.17) is 24.2 Å². The van der Waals surface area contributed by atoms with Crippen molar-refractivity contribution in [2.45, 2.75) is 6.42 Å². The van der Waals surface area contributed by atoms with Crippen LogP contribution in [-0.4, -0.2) is 64.8 Å². The minimum Gasteiger partial charge on any atom is -0.473 e. The second-order valence-corrected chi connectivity index (χ2v) is 7.66. The maximum Gasteiger partial charge on any atom is 0.414 e. The van der Waals surface area contributed by atoms with Crippen LogP contribution >= 0.6 is 0 Å². The van der Waals surface area contributed by atoms with E-state index in [-0.39, 0.29) is 0 Å². The number of hydrogen-bond donors (Lipinski definition) is 3. The van der Waals surface area contributed by atoms with Gasteiger partial charge in [0.25, 0.3) is 0 Å². The SMILES string of the molecule is O=C(O)C(=O)O.c1cc(N2CCN(CCc3coc4ccccc34)CC2)c2cc[nH]c2c1. The molecule has 0 aliphatic carbocycles. The summed E-state index contributed by atoms with van der Waals surface area (Å²) in [5.41, 5.74) is 4.88. The fourth-order valence-corrected chi connectivity index (χ4v) is 4.06. The monoisotopic (exact) mass is 435 g/mol. The topological polar surface area (TPSA) is 110 Å². The van der Waals surface area contributed by atoms with Crippen LogP contribution in [0.15, 0.2) is 65.4 Å². The molecule has 8 heteroatoms. The number of benzene rings is 2. The first-order valence-electron chi connectivity index (χ1n) is 10.5. The number of nitrogens with zero attached hydrogens (tertiary/aromatic N) is 2. The van der Waals surface area contributed by atoms with Gasteiger partial charge in [0, 0.05) is 60.9 Å². The smallest absolute Gasteiger partial charge is 0.414 e. The fraction of sp³-hybridized carbons (Fsp3) is 0.250. The molecule has 1 aliphatic rings. The van der Waals surface area contributed by atoms with E-state index >= 15 is 0 Å². The molecule has 0 saturated carbocycles. The number of furan rings is 1. The molecule has 2 aromatic carbocycles. The van der Waals surface area contributed by atoms with Gasteiger partial charge in [-0.1, -0.05) is 24.3 Å². The third kappa shape index (κ3) is 4.76. The molecular formula is C24H25N3O5. The molecule has 0 amide bonds. The van der Waals surface area contributed by atoms with Crippen LogP contribution in [0.4, 0.5) is 5.69 Å². The predicted molar refractivity (Wildman–Crippen MR) is 122 cm³/mol. The number of fused-ring (bicyclic) bond motifs is 2. The first-order chi connectivity index (χ1) is 15.5. The van der Waals surface area contributed by atoms with Gasteiger partial charge in [-0.25, -0.2) is 9.59 Å². The molecule has 5 rings (SSSR count). The molecule has 0 spiro atoms. The number of carbonyl (C=O) groups is 2. The van der Waals surface area contributed by atoms with Gasteiger partial charge >= 0.3 is 11.9 Å². The Morgan fingerprint density at radius 2 is 1.66 bits per heavy atom. The highest BCUT2D eigenvalue weighted by Crippen LogP contribution is 2.27. The molecule has 2 aromatic heterocycles. The van der Waals surface area contributed by atoms with E-state index in [0.29, 0.717) is 0 Å². The highest BCUT2D eigenvalue weighted by Gasteiger charge is 2.19. The summed E-state index contributed by atoms with van der Waals surface area (Å²) in [6.07, 6.45) is 5.00. The Bertz CT molecular complexity index is 1210. The van der Waals surface area contributed by atoms with Crippen molar-refractivity contribution in [1.29, 1.82) is 0 Å². The maximum absolute atomic E-state index is 9.10. The molecular weight excluding hydrogens is 410 g/mol. The first kappa shape index (κ1) is 21.5. The Kier molecular flexibility index (Phi) is 6.42. The van der Waals surface area contributed by atoms with Crippen molar-refractivity contribution in [3.05, 3.63) is 66.6 Å². The van der Waals surface area contributed by atoms with Gasteiger partial charge in [-0.15, -0.1) is 0 Å². The third-order valence-corrected chi connectivity index (χ3v) is 5.73. The van der Waals surface area contributed by atoms with Gasteiger partial charge in [0.05, 0.1) is 6.26 Å². The lowest BCUT2D eigenvalue weighted by molar-refractivity contribution is -0.159. The van der Waals surface area contributed by atoms with E-state index < -0.39 is 11.9 Å². The summed E-state index contributed by atoms with van der Waals surface area (Å²) in [4.78, 5) is 26.6. The molecule has 32 heavy (non-hydrogen) atoms. The van der Waals surface area contributed by atoms with Crippen molar-refractivity contribution >= 4 is 39.5 Å². The molecule has 8 nitrogen and oxygen atoms in total. The minimum absolute atomic E-state index is 0.993. The number of piperazine rings is 1. The summed E-state index contributed by atoms with van der Waals surface area (Å²) in [6.45, 7) is 5.46. The summed E-state index contributed by atoms with van der Waals surface area (Å²) in [7, 11) is 0. The van der Waals surface area contributed by atoms with Crippen LogP contribution in [0.3, 0.4) is 0 Å². The molecule has 0 bridgehead atoms. The Morgan fingerprint density at radius 3 is 2.41 bits per heavy atom. The van der Waals surface area contributed by atoms with E-state index in [1.54, 1.807) is 0 Å². The van der Waals surface area contributed by atoms with E-state index in [1.165, 1.54) is 27.5 Å². The second kappa shape index (κ2) is 9.57. The van der Waals surface area contributed by atoms with Gasteiger partial charge in [-0.2, -0.15) is 0 Å². The lowest BCUT2D eigenvalue weighted by Gasteiger charge is -2.36. The number of carboxylic acid groups (broad SMARTS) is 2. The molecule has 0 radical (unpaired) electrons.